The van der Waals surface area contributed by atoms with Gasteiger partial charge in [-0.05, 0) is 47.4 Å². The highest BCUT2D eigenvalue weighted by molar-refractivity contribution is 7.10. The third-order valence-corrected chi connectivity index (χ3v) is 5.07. The van der Waals surface area contributed by atoms with Crippen molar-refractivity contribution >= 4 is 52.7 Å². The molecule has 2 aromatic carbocycles. The van der Waals surface area contributed by atoms with E-state index in [1.165, 1.54) is 47.9 Å². The largest absolute Gasteiger partial charge is 0.317 e. The molecule has 2 amide bonds. The van der Waals surface area contributed by atoms with E-state index in [1.54, 1.807) is 30.3 Å². The van der Waals surface area contributed by atoms with Crippen LogP contribution in [0.25, 0.3) is 6.08 Å². The smallest absolute Gasteiger partial charge is 0.287 e. The molecule has 0 fully saturated rings. The van der Waals surface area contributed by atoms with Crippen molar-refractivity contribution < 1.29 is 14.5 Å². The van der Waals surface area contributed by atoms with E-state index < -0.39 is 16.7 Å². The predicted octanol–water partition coefficient (Wildman–Crippen LogP) is 4.23. The average molecular weight is 455 g/mol. The van der Waals surface area contributed by atoms with Crippen molar-refractivity contribution in [3.05, 3.63) is 103 Å². The summed E-state index contributed by atoms with van der Waals surface area (Å²) in [6.45, 7) is 0. The number of hydrogen-bond donors (Lipinski definition) is 2. The summed E-state index contributed by atoms with van der Waals surface area (Å²) in [7, 11) is 0. The molecule has 0 aliphatic heterocycles. The van der Waals surface area contributed by atoms with Gasteiger partial charge in [-0.2, -0.15) is 5.10 Å². The molecule has 10 heteroatoms. The van der Waals surface area contributed by atoms with Crippen molar-refractivity contribution in [2.75, 3.05) is 0 Å². The normalized spacial score (nSPS) is 11.3. The predicted molar refractivity (Wildman–Crippen MR) is 120 cm³/mol. The Balaban J connectivity index is 1.74. The quantitative estimate of drug-likeness (QED) is 0.240. The molecule has 0 aliphatic rings. The monoisotopic (exact) mass is 454 g/mol. The number of hydrazone groups is 1. The number of benzene rings is 2. The van der Waals surface area contributed by atoms with Crippen LogP contribution < -0.4 is 10.7 Å². The van der Waals surface area contributed by atoms with Crippen LogP contribution in [-0.2, 0) is 4.79 Å². The van der Waals surface area contributed by atoms with Gasteiger partial charge in [0.1, 0.15) is 5.70 Å². The van der Waals surface area contributed by atoms with E-state index in [4.69, 9.17) is 11.6 Å². The molecule has 156 valence electrons. The van der Waals surface area contributed by atoms with Crippen LogP contribution in [0.5, 0.6) is 0 Å². The lowest BCUT2D eigenvalue weighted by Gasteiger charge is -2.09. The number of amides is 2. The number of carbonyl (C=O) groups is 2. The molecular weight excluding hydrogens is 440 g/mol. The molecule has 0 atom stereocenters. The van der Waals surface area contributed by atoms with Gasteiger partial charge in [-0.25, -0.2) is 5.43 Å². The van der Waals surface area contributed by atoms with Crippen LogP contribution in [0, 0.1) is 10.1 Å². The van der Waals surface area contributed by atoms with Gasteiger partial charge in [0.05, 0.1) is 21.7 Å². The number of nitrogens with zero attached hydrogens (tertiary/aromatic N) is 2. The number of carbonyl (C=O) groups excluding carboxylic acids is 2. The Labute approximate surface area is 186 Å². The van der Waals surface area contributed by atoms with Gasteiger partial charge in [0.15, 0.2) is 0 Å². The first-order valence-corrected chi connectivity index (χ1v) is 10.1. The Morgan fingerprint density at radius 1 is 1.06 bits per heavy atom. The van der Waals surface area contributed by atoms with Crippen LogP contribution in [0.1, 0.15) is 20.8 Å². The first-order valence-electron chi connectivity index (χ1n) is 8.83. The van der Waals surface area contributed by atoms with Crippen molar-refractivity contribution in [1.29, 1.82) is 0 Å². The number of thiophene rings is 1. The summed E-state index contributed by atoms with van der Waals surface area (Å²) in [6, 6.07) is 15.7. The molecule has 3 rings (SSSR count). The first-order chi connectivity index (χ1) is 14.9. The van der Waals surface area contributed by atoms with Gasteiger partial charge in [-0.3, -0.25) is 19.7 Å². The lowest BCUT2D eigenvalue weighted by molar-refractivity contribution is -0.384. The minimum atomic E-state index is -0.646. The first kappa shape index (κ1) is 21.9. The van der Waals surface area contributed by atoms with E-state index in [0.29, 0.717) is 5.56 Å². The number of halogens is 1. The Morgan fingerprint density at radius 3 is 2.45 bits per heavy atom. The molecule has 0 saturated heterocycles. The van der Waals surface area contributed by atoms with Gasteiger partial charge in [-0.15, -0.1) is 11.3 Å². The number of nitro benzene ring substituents is 1. The molecule has 8 nitrogen and oxygen atoms in total. The van der Waals surface area contributed by atoms with Gasteiger partial charge in [0, 0.05) is 17.0 Å². The van der Waals surface area contributed by atoms with Crippen molar-refractivity contribution in [3.63, 3.8) is 0 Å². The van der Waals surface area contributed by atoms with E-state index >= 15 is 0 Å². The summed E-state index contributed by atoms with van der Waals surface area (Å²) in [6.07, 6.45) is 2.86. The fourth-order valence-electron chi connectivity index (χ4n) is 2.42. The fourth-order valence-corrected chi connectivity index (χ4v) is 3.30. The molecule has 2 N–H and O–H groups in total. The van der Waals surface area contributed by atoms with Crippen LogP contribution in [-0.4, -0.2) is 23.0 Å². The van der Waals surface area contributed by atoms with Gasteiger partial charge >= 0.3 is 0 Å². The minimum absolute atomic E-state index is 0.0202. The van der Waals surface area contributed by atoms with Gasteiger partial charge in [-0.1, -0.05) is 29.8 Å². The number of hydrogen-bond acceptors (Lipinski definition) is 6. The second-order valence-corrected chi connectivity index (χ2v) is 7.44. The third kappa shape index (κ3) is 6.08. The van der Waals surface area contributed by atoms with E-state index in [-0.39, 0.29) is 22.0 Å². The van der Waals surface area contributed by atoms with Gasteiger partial charge in [0.2, 0.25) is 0 Å². The molecule has 0 spiro atoms. The van der Waals surface area contributed by atoms with E-state index in [0.717, 1.165) is 4.88 Å². The van der Waals surface area contributed by atoms with Crippen LogP contribution in [0.2, 0.25) is 5.02 Å². The van der Waals surface area contributed by atoms with Crippen molar-refractivity contribution in [2.45, 2.75) is 0 Å². The zero-order valence-corrected chi connectivity index (χ0v) is 17.4. The zero-order chi connectivity index (χ0) is 22.2. The molecule has 1 heterocycles. The summed E-state index contributed by atoms with van der Waals surface area (Å²) in [4.78, 5) is 36.2. The maximum absolute atomic E-state index is 12.6. The third-order valence-electron chi connectivity index (χ3n) is 3.92. The summed E-state index contributed by atoms with van der Waals surface area (Å²) in [5, 5.41) is 19.2. The molecular formula is C21H15ClN4O4S. The van der Waals surface area contributed by atoms with Crippen LogP contribution in [0.3, 0.4) is 0 Å². The lowest BCUT2D eigenvalue weighted by atomic mass is 10.2. The van der Waals surface area contributed by atoms with Crippen LogP contribution >= 0.6 is 22.9 Å². The fraction of sp³-hybridized carbons (Fsp3) is 0. The van der Waals surface area contributed by atoms with Crippen LogP contribution in [0.4, 0.5) is 5.69 Å². The number of non-ortho nitro benzene ring substituents is 1. The maximum Gasteiger partial charge on any atom is 0.287 e. The Morgan fingerprint density at radius 2 is 1.81 bits per heavy atom. The Bertz CT molecular complexity index is 1160. The molecule has 0 bridgehead atoms. The molecule has 0 radical (unpaired) electrons. The second kappa shape index (κ2) is 10.3. The highest BCUT2D eigenvalue weighted by Crippen LogP contribution is 2.17. The standard InChI is InChI=1S/C21H15ClN4O4S/c22-18-6-2-1-5-17(18)20(27)24-19(12-16-4-3-11-31-16)21(28)25-23-13-14-7-9-15(10-8-14)26(29)30/h1-13H,(H,24,27)(H,25,28)/b19-12-,23-13?. The molecule has 1 aromatic heterocycles. The highest BCUT2D eigenvalue weighted by Gasteiger charge is 2.16. The molecule has 0 unspecified atom stereocenters. The highest BCUT2D eigenvalue weighted by atomic mass is 35.5. The van der Waals surface area contributed by atoms with Gasteiger partial charge < -0.3 is 5.32 Å². The van der Waals surface area contributed by atoms with Gasteiger partial charge in [0.25, 0.3) is 17.5 Å². The molecule has 0 saturated carbocycles. The minimum Gasteiger partial charge on any atom is -0.317 e. The number of rotatable bonds is 7. The van der Waals surface area contributed by atoms with Crippen LogP contribution in [0.15, 0.2) is 76.8 Å². The van der Waals surface area contributed by atoms with Crippen molar-refractivity contribution in [1.82, 2.24) is 10.7 Å². The SMILES string of the molecule is O=C(NN=Cc1ccc([N+](=O)[O-])cc1)/C(=C/c1cccs1)NC(=O)c1ccccc1Cl. The summed E-state index contributed by atoms with van der Waals surface area (Å²) < 4.78 is 0. The second-order valence-electron chi connectivity index (χ2n) is 6.06. The lowest BCUT2D eigenvalue weighted by Crippen LogP contribution is -2.32. The molecule has 3 aromatic rings. The Kier molecular flexibility index (Phi) is 7.26. The molecule has 31 heavy (non-hydrogen) atoms. The Hall–Kier alpha value is -3.82. The van der Waals surface area contributed by atoms with Crippen molar-refractivity contribution in [2.24, 2.45) is 5.10 Å². The summed E-state index contributed by atoms with van der Waals surface area (Å²) in [5.41, 5.74) is 3.04. The topological polar surface area (TPSA) is 114 Å². The van der Waals surface area contributed by atoms with E-state index in [9.17, 15) is 19.7 Å². The maximum atomic E-state index is 12.6. The summed E-state index contributed by atoms with van der Waals surface area (Å²) in [5.74, 6) is -1.19. The number of nitro groups is 1. The number of nitrogens with one attached hydrogen (secondary N) is 2. The average Bonchev–Trinajstić information content (AvgIpc) is 3.27. The van der Waals surface area contributed by atoms with E-state index in [2.05, 4.69) is 15.8 Å². The zero-order valence-electron chi connectivity index (χ0n) is 15.8. The van der Waals surface area contributed by atoms with E-state index in [1.807, 2.05) is 11.4 Å². The summed E-state index contributed by atoms with van der Waals surface area (Å²) >= 11 is 7.45. The van der Waals surface area contributed by atoms with Crippen molar-refractivity contribution in [3.8, 4) is 0 Å². The molecule has 0 aliphatic carbocycles.